The maximum absolute atomic E-state index is 13.1. The third-order valence-corrected chi connectivity index (χ3v) is 3.67. The van der Waals surface area contributed by atoms with Gasteiger partial charge in [-0.3, -0.25) is 4.79 Å². The van der Waals surface area contributed by atoms with E-state index in [2.05, 4.69) is 15.2 Å². The fourth-order valence-electron chi connectivity index (χ4n) is 2.01. The lowest BCUT2D eigenvalue weighted by molar-refractivity contribution is -0.126. The van der Waals surface area contributed by atoms with E-state index in [0.717, 1.165) is 6.07 Å². The monoisotopic (exact) mass is 416 g/mol. The zero-order chi connectivity index (χ0) is 20.7. The number of halogens is 4. The van der Waals surface area contributed by atoms with Gasteiger partial charge in [0.25, 0.3) is 5.91 Å². The van der Waals surface area contributed by atoms with Gasteiger partial charge < -0.3 is 19.6 Å². The molecule has 1 amide bonds. The molecule has 6 nitrogen and oxygen atoms in total. The zero-order valence-corrected chi connectivity index (χ0v) is 15.5. The molecule has 0 fully saturated rings. The van der Waals surface area contributed by atoms with Crippen molar-refractivity contribution >= 4 is 29.4 Å². The minimum atomic E-state index is -2.98. The second-order valence-electron chi connectivity index (χ2n) is 5.39. The smallest absolute Gasteiger partial charge is 0.387 e. The Labute approximate surface area is 163 Å². The van der Waals surface area contributed by atoms with E-state index in [1.807, 2.05) is 0 Å². The number of ether oxygens (including phenoxy) is 2. The molecule has 150 valence electrons. The largest absolute Gasteiger partial charge is 0.493 e. The highest BCUT2D eigenvalue weighted by molar-refractivity contribution is 6.31. The van der Waals surface area contributed by atoms with Gasteiger partial charge in [-0.2, -0.15) is 8.78 Å². The fraction of sp³-hybridized carbons (Fsp3) is 0.222. The Balaban J connectivity index is 1.95. The molecule has 28 heavy (non-hydrogen) atoms. The Hall–Kier alpha value is -2.94. The van der Waals surface area contributed by atoms with Crippen LogP contribution < -0.4 is 14.8 Å². The van der Waals surface area contributed by atoms with Crippen molar-refractivity contribution in [2.24, 2.45) is 5.16 Å². The minimum Gasteiger partial charge on any atom is -0.493 e. The van der Waals surface area contributed by atoms with Crippen LogP contribution in [-0.2, 0) is 9.63 Å². The standard InChI is InChI=1S/C18H16ClF3N2O4/c1-10(17(25)24-12-4-5-14(20)13(19)8-12)28-23-9-11-3-6-15(27-18(21)22)16(7-11)26-2/h3-10,18H,1-2H3,(H,24,25)/b23-9+. The van der Waals surface area contributed by atoms with Crippen molar-refractivity contribution in [1.82, 2.24) is 0 Å². The summed E-state index contributed by atoms with van der Waals surface area (Å²) >= 11 is 5.65. The van der Waals surface area contributed by atoms with E-state index in [4.69, 9.17) is 21.2 Å². The van der Waals surface area contributed by atoms with Crippen molar-refractivity contribution in [1.29, 1.82) is 0 Å². The van der Waals surface area contributed by atoms with Gasteiger partial charge in [0.2, 0.25) is 6.10 Å². The lowest BCUT2D eigenvalue weighted by Crippen LogP contribution is -2.26. The number of methoxy groups -OCH3 is 1. The molecule has 0 heterocycles. The molecule has 1 atom stereocenters. The van der Waals surface area contributed by atoms with Crippen molar-refractivity contribution in [2.75, 3.05) is 12.4 Å². The van der Waals surface area contributed by atoms with Gasteiger partial charge in [0.15, 0.2) is 11.5 Å². The topological polar surface area (TPSA) is 69.2 Å². The number of amides is 1. The van der Waals surface area contributed by atoms with E-state index >= 15 is 0 Å². The van der Waals surface area contributed by atoms with Crippen LogP contribution in [0.1, 0.15) is 12.5 Å². The second kappa shape index (κ2) is 9.84. The summed E-state index contributed by atoms with van der Waals surface area (Å²) in [6.07, 6.45) is 0.302. The third kappa shape index (κ3) is 6.05. The molecular formula is C18H16ClF3N2O4. The summed E-state index contributed by atoms with van der Waals surface area (Å²) in [6, 6.07) is 7.90. The van der Waals surface area contributed by atoms with E-state index in [-0.39, 0.29) is 16.5 Å². The molecule has 2 aromatic carbocycles. The average molecular weight is 417 g/mol. The zero-order valence-electron chi connectivity index (χ0n) is 14.8. The normalized spacial score (nSPS) is 12.1. The predicted molar refractivity (Wildman–Crippen MR) is 97.8 cm³/mol. The first kappa shape index (κ1) is 21.4. The van der Waals surface area contributed by atoms with Crippen LogP contribution in [0.5, 0.6) is 11.5 Å². The van der Waals surface area contributed by atoms with Gasteiger partial charge in [-0.05, 0) is 43.3 Å². The van der Waals surface area contributed by atoms with E-state index < -0.39 is 24.4 Å². The maximum Gasteiger partial charge on any atom is 0.387 e. The summed E-state index contributed by atoms with van der Waals surface area (Å²) in [5.41, 5.74) is 0.770. The molecule has 2 aromatic rings. The molecule has 0 radical (unpaired) electrons. The van der Waals surface area contributed by atoms with Crippen LogP contribution in [0.4, 0.5) is 18.9 Å². The van der Waals surface area contributed by atoms with Gasteiger partial charge in [-0.1, -0.05) is 16.8 Å². The number of rotatable bonds is 8. The number of hydrogen-bond donors (Lipinski definition) is 1. The molecule has 1 N–H and O–H groups in total. The number of alkyl halides is 2. The van der Waals surface area contributed by atoms with E-state index in [1.54, 1.807) is 0 Å². The molecule has 10 heteroatoms. The summed E-state index contributed by atoms with van der Waals surface area (Å²) in [5, 5.41) is 6.06. The summed E-state index contributed by atoms with van der Waals surface area (Å²) in [5.74, 6) is -1.17. The minimum absolute atomic E-state index is 0.0863. The van der Waals surface area contributed by atoms with Crippen molar-refractivity contribution in [2.45, 2.75) is 19.6 Å². The molecule has 0 aromatic heterocycles. The number of benzene rings is 2. The number of carbonyl (C=O) groups excluding carboxylic acids is 1. The predicted octanol–water partition coefficient (Wildman–Crippen LogP) is 4.47. The van der Waals surface area contributed by atoms with Gasteiger partial charge in [0.1, 0.15) is 5.82 Å². The highest BCUT2D eigenvalue weighted by atomic mass is 35.5. The summed E-state index contributed by atoms with van der Waals surface area (Å²) in [6.45, 7) is -1.52. The molecule has 0 aliphatic rings. The highest BCUT2D eigenvalue weighted by Gasteiger charge is 2.15. The number of oxime groups is 1. The van der Waals surface area contributed by atoms with Crippen molar-refractivity contribution in [3.63, 3.8) is 0 Å². The molecule has 0 spiro atoms. The van der Waals surface area contributed by atoms with Gasteiger partial charge >= 0.3 is 6.61 Å². The first-order valence-corrected chi connectivity index (χ1v) is 8.26. The van der Waals surface area contributed by atoms with Crippen molar-refractivity contribution < 1.29 is 32.3 Å². The Morgan fingerprint density at radius 1 is 1.21 bits per heavy atom. The second-order valence-corrected chi connectivity index (χ2v) is 5.80. The lowest BCUT2D eigenvalue weighted by atomic mass is 10.2. The summed E-state index contributed by atoms with van der Waals surface area (Å²) in [4.78, 5) is 17.1. The number of hydrogen-bond acceptors (Lipinski definition) is 5. The first-order valence-electron chi connectivity index (χ1n) is 7.88. The number of carbonyl (C=O) groups is 1. The Morgan fingerprint density at radius 3 is 2.61 bits per heavy atom. The van der Waals surface area contributed by atoms with E-state index in [1.165, 1.54) is 50.6 Å². The summed E-state index contributed by atoms with van der Waals surface area (Å²) in [7, 11) is 1.30. The van der Waals surface area contributed by atoms with Gasteiger partial charge in [-0.25, -0.2) is 4.39 Å². The van der Waals surface area contributed by atoms with Crippen molar-refractivity contribution in [3.05, 3.63) is 52.8 Å². The molecule has 0 saturated carbocycles. The fourth-order valence-corrected chi connectivity index (χ4v) is 2.19. The number of nitrogens with one attached hydrogen (secondary N) is 1. The van der Waals surface area contributed by atoms with Crippen molar-refractivity contribution in [3.8, 4) is 11.5 Å². The van der Waals surface area contributed by atoms with Crippen LogP contribution in [0.25, 0.3) is 0 Å². The van der Waals surface area contributed by atoms with E-state index in [0.29, 0.717) is 11.3 Å². The molecule has 0 aliphatic carbocycles. The third-order valence-electron chi connectivity index (χ3n) is 3.38. The number of anilines is 1. The van der Waals surface area contributed by atoms with Gasteiger partial charge in [0, 0.05) is 11.3 Å². The quantitative estimate of drug-likeness (QED) is 0.509. The average Bonchev–Trinajstić information content (AvgIpc) is 2.65. The van der Waals surface area contributed by atoms with Gasteiger partial charge in [-0.15, -0.1) is 0 Å². The SMILES string of the molecule is COc1cc(/C=N/OC(C)C(=O)Nc2ccc(F)c(Cl)c2)ccc1OC(F)F. The van der Waals surface area contributed by atoms with E-state index in [9.17, 15) is 18.0 Å². The van der Waals surface area contributed by atoms with Crippen LogP contribution in [0.15, 0.2) is 41.6 Å². The molecule has 2 rings (SSSR count). The summed E-state index contributed by atoms with van der Waals surface area (Å²) < 4.78 is 47.0. The lowest BCUT2D eigenvalue weighted by Gasteiger charge is -2.11. The van der Waals surface area contributed by atoms with Gasteiger partial charge in [0.05, 0.1) is 18.3 Å². The molecule has 1 unspecified atom stereocenters. The molecule has 0 bridgehead atoms. The van der Waals surface area contributed by atoms with Crippen LogP contribution in [0.3, 0.4) is 0 Å². The van der Waals surface area contributed by atoms with Crippen LogP contribution in [-0.4, -0.2) is 31.9 Å². The maximum atomic E-state index is 13.1. The Morgan fingerprint density at radius 2 is 1.96 bits per heavy atom. The Bertz CT molecular complexity index is 865. The first-order chi connectivity index (χ1) is 13.3. The van der Waals surface area contributed by atoms with Crippen LogP contribution in [0, 0.1) is 5.82 Å². The Kier molecular flexibility index (Phi) is 7.51. The number of nitrogens with zero attached hydrogens (tertiary/aromatic N) is 1. The molecular weight excluding hydrogens is 401 g/mol. The molecule has 0 saturated heterocycles. The molecule has 0 aliphatic heterocycles. The highest BCUT2D eigenvalue weighted by Crippen LogP contribution is 2.29. The van der Waals surface area contributed by atoms with Crippen LogP contribution in [0.2, 0.25) is 5.02 Å². The van der Waals surface area contributed by atoms with Crippen LogP contribution >= 0.6 is 11.6 Å².